The van der Waals surface area contributed by atoms with Gasteiger partial charge in [0.1, 0.15) is 0 Å². The maximum atomic E-state index is 10.9. The lowest BCUT2D eigenvalue weighted by Gasteiger charge is -2.17. The molecule has 0 spiro atoms. The molecule has 2 atom stereocenters. The van der Waals surface area contributed by atoms with Crippen LogP contribution in [-0.2, 0) is 4.79 Å². The van der Waals surface area contributed by atoms with Crippen molar-refractivity contribution < 1.29 is 4.79 Å². The number of terminal acetylenes is 1. The Morgan fingerprint density at radius 1 is 1.69 bits per heavy atom. The average Bonchev–Trinajstić information content (AvgIpc) is 2.54. The van der Waals surface area contributed by atoms with Crippen LogP contribution in [0.5, 0.6) is 0 Å². The zero-order valence-electron chi connectivity index (χ0n) is 7.75. The van der Waals surface area contributed by atoms with Crippen molar-refractivity contribution >= 4 is 5.91 Å². The Bertz CT molecular complexity index is 239. The van der Waals surface area contributed by atoms with Crippen molar-refractivity contribution in [3.05, 3.63) is 12.7 Å². The number of carbonyl (C=O) groups is 1. The van der Waals surface area contributed by atoms with Crippen LogP contribution < -0.4 is 5.32 Å². The predicted molar refractivity (Wildman–Crippen MR) is 52.9 cm³/mol. The molecule has 0 heterocycles. The van der Waals surface area contributed by atoms with Crippen LogP contribution in [0, 0.1) is 18.3 Å². The van der Waals surface area contributed by atoms with Crippen molar-refractivity contribution in [2.45, 2.75) is 31.7 Å². The summed E-state index contributed by atoms with van der Waals surface area (Å²) < 4.78 is 0. The van der Waals surface area contributed by atoms with Gasteiger partial charge >= 0.3 is 0 Å². The largest absolute Gasteiger partial charge is 0.342 e. The Hall–Kier alpha value is -1.23. The van der Waals surface area contributed by atoms with E-state index in [-0.39, 0.29) is 11.9 Å². The molecule has 1 saturated carbocycles. The monoisotopic (exact) mass is 177 g/mol. The van der Waals surface area contributed by atoms with E-state index < -0.39 is 0 Å². The first-order valence-corrected chi connectivity index (χ1v) is 4.66. The smallest absolute Gasteiger partial charge is 0.295 e. The summed E-state index contributed by atoms with van der Waals surface area (Å²) in [7, 11) is 0. The van der Waals surface area contributed by atoms with Gasteiger partial charge in [-0.3, -0.25) is 4.79 Å². The summed E-state index contributed by atoms with van der Waals surface area (Å²) in [6.07, 6.45) is 11.3. The minimum atomic E-state index is -0.291. The van der Waals surface area contributed by atoms with Gasteiger partial charge < -0.3 is 5.32 Å². The number of rotatable bonds is 3. The Morgan fingerprint density at radius 3 is 3.08 bits per heavy atom. The number of allylic oxidation sites excluding steroid dienone is 1. The van der Waals surface area contributed by atoms with Crippen LogP contribution in [0.3, 0.4) is 0 Å². The molecule has 0 aromatic rings. The lowest BCUT2D eigenvalue weighted by molar-refractivity contribution is -0.116. The minimum Gasteiger partial charge on any atom is -0.342 e. The van der Waals surface area contributed by atoms with E-state index >= 15 is 0 Å². The summed E-state index contributed by atoms with van der Waals surface area (Å²) in [6.45, 7) is 3.70. The standard InChI is InChI=1S/C11H15NO/c1-3-6-9-7-5-8-10(9)12-11(13)4-2/h2-3,9-10H,1,5-8H2,(H,12,13). The zero-order chi connectivity index (χ0) is 9.68. The van der Waals surface area contributed by atoms with Crippen LogP contribution in [0.4, 0.5) is 0 Å². The second-order valence-corrected chi connectivity index (χ2v) is 3.44. The minimum absolute atomic E-state index is 0.265. The molecule has 0 bridgehead atoms. The molecule has 2 unspecified atom stereocenters. The molecule has 1 rings (SSSR count). The predicted octanol–water partition coefficient (Wildman–Crippen LogP) is 1.48. The lowest BCUT2D eigenvalue weighted by atomic mass is 10.00. The van der Waals surface area contributed by atoms with E-state index in [2.05, 4.69) is 17.8 Å². The van der Waals surface area contributed by atoms with Crippen LogP contribution in [-0.4, -0.2) is 11.9 Å². The maximum absolute atomic E-state index is 10.9. The van der Waals surface area contributed by atoms with E-state index in [4.69, 9.17) is 6.42 Å². The summed E-state index contributed by atoms with van der Waals surface area (Å²) in [6, 6.07) is 0.265. The molecule has 70 valence electrons. The molecule has 0 radical (unpaired) electrons. The summed E-state index contributed by atoms with van der Waals surface area (Å²) in [5, 5.41) is 2.84. The fourth-order valence-electron chi connectivity index (χ4n) is 1.93. The SMILES string of the molecule is C#CC(=O)NC1CCCC1CC=C. The molecule has 1 aliphatic rings. The molecular weight excluding hydrogens is 162 g/mol. The van der Waals surface area contributed by atoms with Gasteiger partial charge in [-0.15, -0.1) is 13.0 Å². The molecule has 0 aromatic carbocycles. The van der Waals surface area contributed by atoms with E-state index in [1.807, 2.05) is 6.08 Å². The first-order chi connectivity index (χ1) is 6.27. The Kier molecular flexibility index (Phi) is 3.57. The van der Waals surface area contributed by atoms with Gasteiger partial charge in [0.2, 0.25) is 0 Å². The summed E-state index contributed by atoms with van der Waals surface area (Å²) in [5.74, 6) is 2.32. The van der Waals surface area contributed by atoms with Gasteiger partial charge in [-0.2, -0.15) is 0 Å². The van der Waals surface area contributed by atoms with Crippen molar-refractivity contribution in [2.24, 2.45) is 5.92 Å². The quantitative estimate of drug-likeness (QED) is 0.513. The molecular formula is C11H15NO. The van der Waals surface area contributed by atoms with Crippen LogP contribution in [0.15, 0.2) is 12.7 Å². The lowest BCUT2D eigenvalue weighted by Crippen LogP contribution is -2.36. The van der Waals surface area contributed by atoms with Crippen molar-refractivity contribution in [3.8, 4) is 12.3 Å². The van der Waals surface area contributed by atoms with Gasteiger partial charge in [-0.1, -0.05) is 12.5 Å². The highest BCUT2D eigenvalue weighted by Gasteiger charge is 2.26. The van der Waals surface area contributed by atoms with Crippen molar-refractivity contribution in [2.75, 3.05) is 0 Å². The highest BCUT2D eigenvalue weighted by atomic mass is 16.1. The van der Waals surface area contributed by atoms with E-state index in [1.165, 1.54) is 12.8 Å². The molecule has 13 heavy (non-hydrogen) atoms. The molecule has 1 N–H and O–H groups in total. The first-order valence-electron chi connectivity index (χ1n) is 4.66. The number of carbonyl (C=O) groups excluding carboxylic acids is 1. The second kappa shape index (κ2) is 4.71. The number of hydrogen-bond acceptors (Lipinski definition) is 1. The van der Waals surface area contributed by atoms with Crippen molar-refractivity contribution in [1.82, 2.24) is 5.32 Å². The fraction of sp³-hybridized carbons (Fsp3) is 0.545. The topological polar surface area (TPSA) is 29.1 Å². The van der Waals surface area contributed by atoms with Gasteiger partial charge in [-0.05, 0) is 31.1 Å². The number of hydrogen-bond donors (Lipinski definition) is 1. The zero-order valence-corrected chi connectivity index (χ0v) is 7.75. The molecule has 1 fully saturated rings. The third kappa shape index (κ3) is 2.62. The Balaban J connectivity index is 2.44. The third-order valence-corrected chi connectivity index (χ3v) is 2.58. The van der Waals surface area contributed by atoms with Crippen LogP contribution in [0.25, 0.3) is 0 Å². The molecule has 1 aliphatic carbocycles. The first kappa shape index (κ1) is 9.85. The van der Waals surface area contributed by atoms with E-state index in [1.54, 1.807) is 0 Å². The van der Waals surface area contributed by atoms with Gasteiger partial charge in [0.15, 0.2) is 0 Å². The van der Waals surface area contributed by atoms with Crippen molar-refractivity contribution in [3.63, 3.8) is 0 Å². The molecule has 1 amide bonds. The molecule has 2 heteroatoms. The van der Waals surface area contributed by atoms with Gasteiger partial charge in [-0.25, -0.2) is 0 Å². The van der Waals surface area contributed by atoms with E-state index in [9.17, 15) is 4.79 Å². The highest BCUT2D eigenvalue weighted by molar-refractivity contribution is 5.93. The normalized spacial score (nSPS) is 26.4. The summed E-state index contributed by atoms with van der Waals surface area (Å²) >= 11 is 0. The Morgan fingerprint density at radius 2 is 2.46 bits per heavy atom. The Labute approximate surface area is 79.4 Å². The van der Waals surface area contributed by atoms with Gasteiger partial charge in [0, 0.05) is 6.04 Å². The fourth-order valence-corrected chi connectivity index (χ4v) is 1.93. The van der Waals surface area contributed by atoms with Crippen LogP contribution in [0.1, 0.15) is 25.7 Å². The van der Waals surface area contributed by atoms with E-state index in [0.717, 1.165) is 12.8 Å². The van der Waals surface area contributed by atoms with Crippen molar-refractivity contribution in [1.29, 1.82) is 0 Å². The molecule has 0 aromatic heterocycles. The summed E-state index contributed by atoms with van der Waals surface area (Å²) in [4.78, 5) is 10.9. The third-order valence-electron chi connectivity index (χ3n) is 2.58. The second-order valence-electron chi connectivity index (χ2n) is 3.44. The van der Waals surface area contributed by atoms with Crippen LogP contribution >= 0.6 is 0 Å². The molecule has 0 aliphatic heterocycles. The number of amides is 1. The van der Waals surface area contributed by atoms with Gasteiger partial charge in [0.05, 0.1) is 0 Å². The van der Waals surface area contributed by atoms with E-state index in [0.29, 0.717) is 5.92 Å². The van der Waals surface area contributed by atoms with Gasteiger partial charge in [0.25, 0.3) is 5.91 Å². The summed E-state index contributed by atoms with van der Waals surface area (Å²) in [5.41, 5.74) is 0. The molecule has 2 nitrogen and oxygen atoms in total. The molecule has 0 saturated heterocycles. The number of nitrogens with one attached hydrogen (secondary N) is 1. The highest BCUT2D eigenvalue weighted by Crippen LogP contribution is 2.28. The maximum Gasteiger partial charge on any atom is 0.295 e. The van der Waals surface area contributed by atoms with Crippen LogP contribution in [0.2, 0.25) is 0 Å². The average molecular weight is 177 g/mol.